The van der Waals surface area contributed by atoms with Crippen LogP contribution in [0.15, 0.2) is 0 Å². The highest BCUT2D eigenvalue weighted by molar-refractivity contribution is 5.01. The van der Waals surface area contributed by atoms with E-state index in [1.807, 2.05) is 0 Å². The topological polar surface area (TPSA) is 30.5 Å². The molecule has 0 radical (unpaired) electrons. The minimum Gasteiger partial charge on any atom is -0.301 e. The maximum atomic E-state index is 13.4. The van der Waals surface area contributed by atoms with Crippen LogP contribution in [-0.4, -0.2) is 61.0 Å². The zero-order valence-corrected chi connectivity index (χ0v) is 15.2. The average Bonchev–Trinajstić information content (AvgIpc) is 3.00. The summed E-state index contributed by atoms with van der Waals surface area (Å²) < 4.78 is 40.2. The second-order valence-electron chi connectivity index (χ2n) is 8.90. The van der Waals surface area contributed by atoms with Crippen molar-refractivity contribution in [2.24, 2.45) is 17.3 Å². The van der Waals surface area contributed by atoms with Crippen molar-refractivity contribution in [2.45, 2.75) is 64.5 Å². The molecule has 3 heterocycles. The lowest BCUT2D eigenvalue weighted by molar-refractivity contribution is -0.166. The molecule has 0 saturated carbocycles. The molecule has 0 spiro atoms. The number of nitrogens with one attached hydrogen (secondary N) is 2. The number of likely N-dealkylation sites (tertiary alicyclic amines) is 1. The number of rotatable bonds is 2. The Balaban J connectivity index is 1.79. The number of halogens is 3. The van der Waals surface area contributed by atoms with Gasteiger partial charge in [-0.3, -0.25) is 4.90 Å². The van der Waals surface area contributed by atoms with Gasteiger partial charge in [-0.15, -0.1) is 0 Å². The van der Waals surface area contributed by atoms with E-state index in [2.05, 4.69) is 36.4 Å². The molecule has 0 aliphatic carbocycles. The van der Waals surface area contributed by atoms with E-state index in [0.717, 1.165) is 13.0 Å². The molecule has 3 rings (SSSR count). The van der Waals surface area contributed by atoms with E-state index in [1.54, 1.807) is 12.1 Å². The van der Waals surface area contributed by atoms with Gasteiger partial charge >= 0.3 is 6.18 Å². The summed E-state index contributed by atoms with van der Waals surface area (Å²) >= 11 is 0. The first-order chi connectivity index (χ1) is 11.1. The van der Waals surface area contributed by atoms with Crippen LogP contribution < -0.4 is 10.7 Å². The van der Waals surface area contributed by atoms with Gasteiger partial charge in [0.05, 0.1) is 6.17 Å². The van der Waals surface area contributed by atoms with Crippen LogP contribution in [0, 0.1) is 17.3 Å². The Bertz CT molecular complexity index is 448. The third-order valence-corrected chi connectivity index (χ3v) is 5.97. The second kappa shape index (κ2) is 6.41. The van der Waals surface area contributed by atoms with Crippen molar-refractivity contribution in [1.82, 2.24) is 20.7 Å². The molecule has 3 fully saturated rings. The van der Waals surface area contributed by atoms with Gasteiger partial charge in [-0.1, -0.05) is 20.8 Å². The van der Waals surface area contributed by atoms with E-state index >= 15 is 0 Å². The third kappa shape index (κ3) is 3.59. The zero-order valence-electron chi connectivity index (χ0n) is 15.2. The summed E-state index contributed by atoms with van der Waals surface area (Å²) in [5.74, 6) is 0.140. The summed E-state index contributed by atoms with van der Waals surface area (Å²) in [7, 11) is 1.70. The van der Waals surface area contributed by atoms with E-state index in [-0.39, 0.29) is 11.6 Å². The maximum absolute atomic E-state index is 13.4. The van der Waals surface area contributed by atoms with E-state index in [9.17, 15) is 13.2 Å². The van der Waals surface area contributed by atoms with Gasteiger partial charge in [0.1, 0.15) is 6.04 Å². The Labute approximate surface area is 143 Å². The smallest absolute Gasteiger partial charge is 0.301 e. The highest BCUT2D eigenvalue weighted by Gasteiger charge is 2.52. The summed E-state index contributed by atoms with van der Waals surface area (Å²) in [5, 5.41) is 5.18. The average molecular weight is 348 g/mol. The number of piperidine rings is 1. The number of hydrogen-bond donors (Lipinski definition) is 2. The van der Waals surface area contributed by atoms with Crippen molar-refractivity contribution < 1.29 is 13.2 Å². The Hall–Kier alpha value is -0.370. The molecule has 2 N–H and O–H groups in total. The minimum atomic E-state index is -4.20. The van der Waals surface area contributed by atoms with Crippen molar-refractivity contribution in [3.05, 3.63) is 0 Å². The minimum absolute atomic E-state index is 0.0741. The molecular formula is C17H31F3N4. The summed E-state index contributed by atoms with van der Waals surface area (Å²) in [5.41, 5.74) is 2.68. The molecule has 3 saturated heterocycles. The molecule has 0 aromatic heterocycles. The Morgan fingerprint density at radius 2 is 1.88 bits per heavy atom. The van der Waals surface area contributed by atoms with Crippen LogP contribution in [0.4, 0.5) is 13.2 Å². The number of nitrogens with zero attached hydrogens (tertiary/aromatic N) is 2. The Kier molecular flexibility index (Phi) is 4.92. The molecule has 3 aliphatic heterocycles. The quantitative estimate of drug-likeness (QED) is 0.802. The summed E-state index contributed by atoms with van der Waals surface area (Å²) in [6.45, 7) is 8.54. The normalized spacial score (nSPS) is 39.4. The SMILES string of the molecule is CN1CC(CN2C3NCCCC3CC2C(C)(C)C)C(C(F)(F)F)N1. The van der Waals surface area contributed by atoms with Crippen LogP contribution in [0.2, 0.25) is 0 Å². The molecule has 24 heavy (non-hydrogen) atoms. The molecule has 5 unspecified atom stereocenters. The third-order valence-electron chi connectivity index (χ3n) is 5.97. The predicted octanol–water partition coefficient (Wildman–Crippen LogP) is 2.43. The van der Waals surface area contributed by atoms with Gasteiger partial charge in [0.2, 0.25) is 0 Å². The first-order valence-electron chi connectivity index (χ1n) is 9.10. The molecule has 5 atom stereocenters. The predicted molar refractivity (Wildman–Crippen MR) is 88.2 cm³/mol. The van der Waals surface area contributed by atoms with Crippen LogP contribution in [0.5, 0.6) is 0 Å². The molecule has 4 nitrogen and oxygen atoms in total. The standard InChI is InChI=1S/C17H31F3N4/c1-16(2,3)13-8-11-6-5-7-21-15(11)24(13)10-12-9-23(4)22-14(12)17(18,19)20/h11-15,21-22H,5-10H2,1-4H3. The lowest BCUT2D eigenvalue weighted by Crippen LogP contribution is -2.55. The fourth-order valence-corrected chi connectivity index (χ4v) is 4.91. The van der Waals surface area contributed by atoms with Crippen molar-refractivity contribution in [2.75, 3.05) is 26.7 Å². The number of fused-ring (bicyclic) bond motifs is 1. The van der Waals surface area contributed by atoms with Gasteiger partial charge in [-0.2, -0.15) is 13.2 Å². The molecule has 0 aromatic carbocycles. The van der Waals surface area contributed by atoms with Crippen molar-refractivity contribution in [3.8, 4) is 0 Å². The first kappa shape index (κ1) is 18.4. The van der Waals surface area contributed by atoms with E-state index < -0.39 is 18.1 Å². The van der Waals surface area contributed by atoms with Gasteiger partial charge in [0, 0.05) is 32.1 Å². The number of alkyl halides is 3. The van der Waals surface area contributed by atoms with Gasteiger partial charge in [0.15, 0.2) is 0 Å². The number of hydrazine groups is 1. The second-order valence-corrected chi connectivity index (χ2v) is 8.90. The van der Waals surface area contributed by atoms with E-state index in [1.165, 1.54) is 12.8 Å². The largest absolute Gasteiger partial charge is 0.405 e. The van der Waals surface area contributed by atoms with Crippen LogP contribution in [0.3, 0.4) is 0 Å². The molecule has 0 aromatic rings. The van der Waals surface area contributed by atoms with Crippen LogP contribution in [0.1, 0.15) is 40.0 Å². The molecule has 7 heteroatoms. The molecule has 0 amide bonds. The molecule has 140 valence electrons. The van der Waals surface area contributed by atoms with Gasteiger partial charge in [0.25, 0.3) is 0 Å². The Morgan fingerprint density at radius 3 is 2.50 bits per heavy atom. The molecule has 0 bridgehead atoms. The first-order valence-corrected chi connectivity index (χ1v) is 9.10. The van der Waals surface area contributed by atoms with Crippen molar-refractivity contribution >= 4 is 0 Å². The van der Waals surface area contributed by atoms with Crippen molar-refractivity contribution in [1.29, 1.82) is 0 Å². The van der Waals surface area contributed by atoms with Crippen LogP contribution in [-0.2, 0) is 0 Å². The highest BCUT2D eigenvalue weighted by atomic mass is 19.4. The molecule has 3 aliphatic rings. The van der Waals surface area contributed by atoms with Crippen molar-refractivity contribution in [3.63, 3.8) is 0 Å². The van der Waals surface area contributed by atoms with E-state index in [4.69, 9.17) is 0 Å². The van der Waals surface area contributed by atoms with Gasteiger partial charge in [-0.25, -0.2) is 10.4 Å². The summed E-state index contributed by atoms with van der Waals surface area (Å²) in [6, 6.07) is -1.11. The fraction of sp³-hybridized carbons (Fsp3) is 1.00. The maximum Gasteiger partial charge on any atom is 0.405 e. The zero-order chi connectivity index (χ0) is 17.7. The highest BCUT2D eigenvalue weighted by Crippen LogP contribution is 2.43. The fourth-order valence-electron chi connectivity index (χ4n) is 4.91. The molecular weight excluding hydrogens is 317 g/mol. The lowest BCUT2D eigenvalue weighted by Gasteiger charge is -2.41. The lowest BCUT2D eigenvalue weighted by atomic mass is 9.82. The Morgan fingerprint density at radius 1 is 1.17 bits per heavy atom. The van der Waals surface area contributed by atoms with Gasteiger partial charge in [-0.05, 0) is 37.1 Å². The van der Waals surface area contributed by atoms with Crippen LogP contribution in [0.25, 0.3) is 0 Å². The monoisotopic (exact) mass is 348 g/mol. The summed E-state index contributed by atoms with van der Waals surface area (Å²) in [4.78, 5) is 2.36. The van der Waals surface area contributed by atoms with Gasteiger partial charge < -0.3 is 5.32 Å². The van der Waals surface area contributed by atoms with E-state index in [0.29, 0.717) is 25.0 Å². The van der Waals surface area contributed by atoms with Crippen LogP contribution >= 0.6 is 0 Å². The number of hydrogen-bond acceptors (Lipinski definition) is 4. The summed E-state index contributed by atoms with van der Waals surface area (Å²) in [6.07, 6.45) is -0.515.